The molecule has 22 heavy (non-hydrogen) atoms. The third kappa shape index (κ3) is 2.89. The molecule has 0 fully saturated rings. The van der Waals surface area contributed by atoms with E-state index in [-0.39, 0.29) is 5.00 Å². The van der Waals surface area contributed by atoms with Crippen LogP contribution in [0.4, 0.5) is 5.00 Å². The maximum atomic E-state index is 10.7. The minimum absolute atomic E-state index is 0.0222. The first-order valence-corrected chi connectivity index (χ1v) is 7.51. The topological polar surface area (TPSA) is 109 Å². The Labute approximate surface area is 132 Å². The van der Waals surface area contributed by atoms with Gasteiger partial charge in [0.2, 0.25) is 5.16 Å². The molecule has 0 saturated carbocycles. The molecule has 0 aliphatic heterocycles. The van der Waals surface area contributed by atoms with E-state index in [2.05, 4.69) is 20.5 Å². The number of ether oxygens (including phenoxy) is 1. The Morgan fingerprint density at radius 3 is 2.77 bits per heavy atom. The normalized spacial score (nSPS) is 10.6. The number of hydrogen-bond acceptors (Lipinski definition) is 9. The molecule has 2 aromatic heterocycles. The maximum absolute atomic E-state index is 10.7. The van der Waals surface area contributed by atoms with Gasteiger partial charge in [0, 0.05) is 0 Å². The molecule has 3 rings (SSSR count). The molecule has 0 N–H and O–H groups in total. The molecule has 9 nitrogen and oxygen atoms in total. The lowest BCUT2D eigenvalue weighted by Crippen LogP contribution is -1.98. The van der Waals surface area contributed by atoms with Crippen molar-refractivity contribution in [2.24, 2.45) is 0 Å². The molecule has 3 aromatic rings. The number of hydrogen-bond donors (Lipinski definition) is 0. The molecule has 1 aromatic carbocycles. The Morgan fingerprint density at radius 1 is 1.36 bits per heavy atom. The molecule has 0 bridgehead atoms. The SMILES string of the molecule is COc1ccc(-n2nnnc2Sc2ncc([N+](=O)[O-])s2)cc1. The Bertz CT molecular complexity index is 800. The Kier molecular flexibility index (Phi) is 3.98. The summed E-state index contributed by atoms with van der Waals surface area (Å²) in [6.07, 6.45) is 1.22. The second kappa shape index (κ2) is 6.07. The van der Waals surface area contributed by atoms with Crippen LogP contribution >= 0.6 is 23.1 Å². The summed E-state index contributed by atoms with van der Waals surface area (Å²) in [4.78, 5) is 14.2. The van der Waals surface area contributed by atoms with Crippen molar-refractivity contribution in [1.29, 1.82) is 0 Å². The molecule has 0 aliphatic carbocycles. The van der Waals surface area contributed by atoms with E-state index in [1.165, 1.54) is 10.9 Å². The first kappa shape index (κ1) is 14.4. The predicted octanol–water partition coefficient (Wildman–Crippen LogP) is 2.19. The van der Waals surface area contributed by atoms with Gasteiger partial charge in [-0.2, -0.15) is 4.68 Å². The van der Waals surface area contributed by atoms with Gasteiger partial charge < -0.3 is 4.74 Å². The lowest BCUT2D eigenvalue weighted by Gasteiger charge is -2.04. The molecule has 0 saturated heterocycles. The van der Waals surface area contributed by atoms with Crippen molar-refractivity contribution in [3.05, 3.63) is 40.6 Å². The standard InChI is InChI=1S/C11H8N6O3S2/c1-20-8-4-2-7(3-5-8)16-10(13-14-15-16)22-11-12-6-9(21-11)17(18)19/h2-6H,1H3. The van der Waals surface area contributed by atoms with Crippen LogP contribution < -0.4 is 4.74 Å². The molecule has 11 heteroatoms. The molecule has 0 aliphatic rings. The van der Waals surface area contributed by atoms with Crippen LogP contribution in [0.2, 0.25) is 0 Å². The summed E-state index contributed by atoms with van der Waals surface area (Å²) >= 11 is 2.14. The quantitative estimate of drug-likeness (QED) is 0.515. The van der Waals surface area contributed by atoms with Gasteiger partial charge in [-0.05, 0) is 57.8 Å². The van der Waals surface area contributed by atoms with Crippen molar-refractivity contribution in [1.82, 2.24) is 25.2 Å². The summed E-state index contributed by atoms with van der Waals surface area (Å²) < 4.78 is 7.12. The van der Waals surface area contributed by atoms with Crippen LogP contribution in [0.15, 0.2) is 40.0 Å². The van der Waals surface area contributed by atoms with Gasteiger partial charge in [-0.15, -0.1) is 5.10 Å². The number of nitro groups is 1. The minimum atomic E-state index is -0.478. The van der Waals surface area contributed by atoms with Crippen LogP contribution in [0.25, 0.3) is 5.69 Å². The monoisotopic (exact) mass is 336 g/mol. The van der Waals surface area contributed by atoms with Gasteiger partial charge in [0.05, 0.1) is 17.7 Å². The lowest BCUT2D eigenvalue weighted by atomic mass is 10.3. The molecule has 112 valence electrons. The van der Waals surface area contributed by atoms with Gasteiger partial charge >= 0.3 is 5.00 Å². The van der Waals surface area contributed by atoms with E-state index in [1.807, 2.05) is 12.1 Å². The molecule has 0 spiro atoms. The summed E-state index contributed by atoms with van der Waals surface area (Å²) in [5.74, 6) is 0.724. The highest BCUT2D eigenvalue weighted by atomic mass is 32.2. The summed E-state index contributed by atoms with van der Waals surface area (Å²) in [5, 5.41) is 22.6. The average molecular weight is 336 g/mol. The zero-order valence-corrected chi connectivity index (χ0v) is 12.7. The lowest BCUT2D eigenvalue weighted by molar-refractivity contribution is -0.380. The van der Waals surface area contributed by atoms with E-state index in [0.717, 1.165) is 34.5 Å². The van der Waals surface area contributed by atoms with Crippen LogP contribution in [0.1, 0.15) is 0 Å². The van der Waals surface area contributed by atoms with Gasteiger partial charge in [0.1, 0.15) is 11.9 Å². The minimum Gasteiger partial charge on any atom is -0.497 e. The molecule has 0 amide bonds. The number of nitrogens with zero attached hydrogens (tertiary/aromatic N) is 6. The van der Waals surface area contributed by atoms with E-state index >= 15 is 0 Å². The zero-order valence-electron chi connectivity index (χ0n) is 11.1. The highest BCUT2D eigenvalue weighted by Gasteiger charge is 2.16. The van der Waals surface area contributed by atoms with Gasteiger partial charge in [-0.25, -0.2) is 4.98 Å². The van der Waals surface area contributed by atoms with Crippen LogP contribution in [-0.4, -0.2) is 37.2 Å². The summed E-state index contributed by atoms with van der Waals surface area (Å²) in [6.45, 7) is 0. The zero-order chi connectivity index (χ0) is 15.5. The molecule has 2 heterocycles. The van der Waals surface area contributed by atoms with Crippen molar-refractivity contribution < 1.29 is 9.66 Å². The van der Waals surface area contributed by atoms with Crippen molar-refractivity contribution in [2.75, 3.05) is 7.11 Å². The van der Waals surface area contributed by atoms with E-state index < -0.39 is 4.92 Å². The molecular weight excluding hydrogens is 328 g/mol. The van der Waals surface area contributed by atoms with Crippen LogP contribution in [0, 0.1) is 10.1 Å². The summed E-state index contributed by atoms with van der Waals surface area (Å²) in [6, 6.07) is 7.20. The highest BCUT2D eigenvalue weighted by Crippen LogP contribution is 2.33. The molecular formula is C11H8N6O3S2. The van der Waals surface area contributed by atoms with Crippen LogP contribution in [0.3, 0.4) is 0 Å². The second-order valence-corrected chi connectivity index (χ2v) is 6.12. The smallest absolute Gasteiger partial charge is 0.344 e. The fraction of sp³-hybridized carbons (Fsp3) is 0.0909. The second-order valence-electron chi connectivity index (χ2n) is 3.89. The fourth-order valence-corrected chi connectivity index (χ4v) is 3.27. The third-order valence-corrected chi connectivity index (χ3v) is 4.55. The van der Waals surface area contributed by atoms with E-state index in [1.54, 1.807) is 19.2 Å². The van der Waals surface area contributed by atoms with Crippen molar-refractivity contribution >= 4 is 28.1 Å². The predicted molar refractivity (Wildman–Crippen MR) is 78.6 cm³/mol. The Balaban J connectivity index is 1.86. The van der Waals surface area contributed by atoms with Gasteiger partial charge in [-0.3, -0.25) is 10.1 Å². The van der Waals surface area contributed by atoms with E-state index in [9.17, 15) is 10.1 Å². The summed E-state index contributed by atoms with van der Waals surface area (Å²) in [7, 11) is 1.59. The first-order chi connectivity index (χ1) is 10.7. The fourth-order valence-electron chi connectivity index (χ4n) is 1.59. The Morgan fingerprint density at radius 2 is 2.14 bits per heavy atom. The highest BCUT2D eigenvalue weighted by molar-refractivity contribution is 8.00. The maximum Gasteiger partial charge on any atom is 0.344 e. The van der Waals surface area contributed by atoms with Gasteiger partial charge in [0.25, 0.3) is 0 Å². The Hall–Kier alpha value is -2.53. The van der Waals surface area contributed by atoms with E-state index in [0.29, 0.717) is 9.50 Å². The summed E-state index contributed by atoms with van der Waals surface area (Å²) in [5.41, 5.74) is 0.749. The average Bonchev–Trinajstić information content (AvgIpc) is 3.17. The largest absolute Gasteiger partial charge is 0.497 e. The number of benzene rings is 1. The van der Waals surface area contributed by atoms with Crippen molar-refractivity contribution in [2.45, 2.75) is 9.50 Å². The molecule has 0 unspecified atom stereocenters. The number of rotatable bonds is 5. The van der Waals surface area contributed by atoms with Gasteiger partial charge in [-0.1, -0.05) is 0 Å². The number of methoxy groups -OCH3 is 1. The number of thiazole rings is 1. The van der Waals surface area contributed by atoms with Crippen LogP contribution in [-0.2, 0) is 0 Å². The number of tetrazole rings is 1. The molecule has 0 atom stereocenters. The van der Waals surface area contributed by atoms with Crippen molar-refractivity contribution in [3.8, 4) is 11.4 Å². The van der Waals surface area contributed by atoms with E-state index in [4.69, 9.17) is 4.74 Å². The van der Waals surface area contributed by atoms with Crippen LogP contribution in [0.5, 0.6) is 5.75 Å². The first-order valence-electron chi connectivity index (χ1n) is 5.88. The van der Waals surface area contributed by atoms with Crippen molar-refractivity contribution in [3.63, 3.8) is 0 Å². The number of aromatic nitrogens is 5. The van der Waals surface area contributed by atoms with Gasteiger partial charge in [0.15, 0.2) is 4.34 Å². The third-order valence-electron chi connectivity index (χ3n) is 2.59. The molecule has 0 radical (unpaired) electrons.